The van der Waals surface area contributed by atoms with Crippen LogP contribution in [0.15, 0.2) is 15.9 Å². The second kappa shape index (κ2) is 4.66. The maximum atomic E-state index is 5.66. The number of rotatable bonds is 1. The lowest BCUT2D eigenvalue weighted by Crippen LogP contribution is -2.15. The van der Waals surface area contributed by atoms with Crippen LogP contribution in [0.1, 0.15) is 18.2 Å². The fraction of sp³-hybridized carbons (Fsp3) is 0.333. The molecular formula is C9H10BrNS. The Labute approximate surface area is 85.1 Å². The van der Waals surface area contributed by atoms with Crippen LogP contribution in [0.3, 0.4) is 0 Å². The summed E-state index contributed by atoms with van der Waals surface area (Å²) in [6, 6.07) is 1.99. The summed E-state index contributed by atoms with van der Waals surface area (Å²) in [4.78, 5) is 1.05. The Balaban J connectivity index is 2.72. The highest BCUT2D eigenvalue weighted by Gasteiger charge is 1.96. The first-order valence-electron chi connectivity index (χ1n) is 3.74. The van der Waals surface area contributed by atoms with E-state index >= 15 is 0 Å². The second-order valence-corrected chi connectivity index (χ2v) is 4.15. The van der Waals surface area contributed by atoms with Gasteiger partial charge in [0.05, 0.1) is 10.9 Å². The molecule has 0 aliphatic rings. The van der Waals surface area contributed by atoms with E-state index in [4.69, 9.17) is 5.73 Å². The van der Waals surface area contributed by atoms with Crippen LogP contribution in [0.25, 0.3) is 0 Å². The number of hydrogen-bond acceptors (Lipinski definition) is 2. The largest absolute Gasteiger partial charge is 0.318 e. The number of halogens is 1. The minimum atomic E-state index is -0.000926. The van der Waals surface area contributed by atoms with Gasteiger partial charge in [-0.1, -0.05) is 18.8 Å². The molecule has 1 aromatic rings. The zero-order valence-electron chi connectivity index (χ0n) is 6.80. The first-order chi connectivity index (χ1) is 5.74. The molecular weight excluding hydrogens is 234 g/mol. The van der Waals surface area contributed by atoms with Crippen molar-refractivity contribution in [1.82, 2.24) is 0 Å². The average molecular weight is 244 g/mol. The zero-order valence-corrected chi connectivity index (χ0v) is 9.21. The minimum absolute atomic E-state index is 0.000926. The quantitative estimate of drug-likeness (QED) is 0.755. The lowest BCUT2D eigenvalue weighted by Gasteiger charge is -1.94. The Hall–Kier alpha value is -0.300. The van der Waals surface area contributed by atoms with Crippen LogP contribution in [-0.4, -0.2) is 6.04 Å². The maximum absolute atomic E-state index is 5.66. The molecule has 0 aliphatic heterocycles. The molecule has 1 unspecified atom stereocenters. The third kappa shape index (κ3) is 2.63. The molecule has 1 atom stereocenters. The zero-order chi connectivity index (χ0) is 8.97. The topological polar surface area (TPSA) is 26.0 Å². The summed E-state index contributed by atoms with van der Waals surface area (Å²) < 4.78 is 1.06. The molecule has 1 heterocycles. The summed E-state index contributed by atoms with van der Waals surface area (Å²) in [6.07, 6.45) is 0.899. The van der Waals surface area contributed by atoms with Gasteiger partial charge in [-0.25, -0.2) is 0 Å². The molecule has 0 saturated heterocycles. The van der Waals surface area contributed by atoms with Crippen molar-refractivity contribution in [3.05, 3.63) is 20.8 Å². The Kier molecular flexibility index (Phi) is 3.80. The van der Waals surface area contributed by atoms with E-state index in [1.165, 1.54) is 0 Å². The van der Waals surface area contributed by atoms with Gasteiger partial charge in [0, 0.05) is 4.47 Å². The van der Waals surface area contributed by atoms with Gasteiger partial charge in [0.2, 0.25) is 0 Å². The third-order valence-corrected chi connectivity index (χ3v) is 3.18. The van der Waals surface area contributed by atoms with Gasteiger partial charge < -0.3 is 5.73 Å². The van der Waals surface area contributed by atoms with Crippen molar-refractivity contribution in [3.63, 3.8) is 0 Å². The van der Waals surface area contributed by atoms with E-state index in [0.717, 1.165) is 15.8 Å². The molecule has 1 rings (SSSR count). The van der Waals surface area contributed by atoms with Crippen LogP contribution in [0.2, 0.25) is 0 Å². The molecule has 1 aromatic heterocycles. The number of nitrogens with two attached hydrogens (primary N) is 1. The van der Waals surface area contributed by atoms with Gasteiger partial charge in [0.15, 0.2) is 0 Å². The molecule has 0 aromatic carbocycles. The Morgan fingerprint density at radius 2 is 2.50 bits per heavy atom. The molecule has 0 spiro atoms. The van der Waals surface area contributed by atoms with E-state index in [-0.39, 0.29) is 6.04 Å². The summed E-state index contributed by atoms with van der Waals surface area (Å²) >= 11 is 5.03. The molecule has 3 heteroatoms. The molecule has 0 amide bonds. The van der Waals surface area contributed by atoms with E-state index in [0.29, 0.717) is 0 Å². The van der Waals surface area contributed by atoms with Crippen LogP contribution in [0.4, 0.5) is 0 Å². The summed E-state index contributed by atoms with van der Waals surface area (Å²) in [5, 5.41) is 2.01. The van der Waals surface area contributed by atoms with E-state index < -0.39 is 0 Å². The summed E-state index contributed by atoms with van der Waals surface area (Å²) in [6.45, 7) is 2.03. The summed E-state index contributed by atoms with van der Waals surface area (Å²) in [5.74, 6) is 6.02. The molecule has 0 radical (unpaired) electrons. The predicted octanol–water partition coefficient (Wildman–Crippen LogP) is 2.60. The standard InChI is InChI=1S/C9H10BrNS/c1-2-7(11)3-4-9-8(10)5-6-12-9/h5-7H,2,11H2,1H3. The highest BCUT2D eigenvalue weighted by molar-refractivity contribution is 9.10. The first-order valence-corrected chi connectivity index (χ1v) is 5.41. The molecule has 2 N–H and O–H groups in total. The molecule has 0 fully saturated rings. The molecule has 0 bridgehead atoms. The van der Waals surface area contributed by atoms with Crippen molar-refractivity contribution < 1.29 is 0 Å². The predicted molar refractivity (Wildman–Crippen MR) is 57.2 cm³/mol. The van der Waals surface area contributed by atoms with Gasteiger partial charge >= 0.3 is 0 Å². The van der Waals surface area contributed by atoms with Crippen LogP contribution in [0.5, 0.6) is 0 Å². The van der Waals surface area contributed by atoms with Gasteiger partial charge in [-0.05, 0) is 33.8 Å². The van der Waals surface area contributed by atoms with E-state index in [1.807, 2.05) is 18.4 Å². The summed E-state index contributed by atoms with van der Waals surface area (Å²) in [7, 11) is 0. The van der Waals surface area contributed by atoms with E-state index in [9.17, 15) is 0 Å². The van der Waals surface area contributed by atoms with Crippen molar-refractivity contribution in [1.29, 1.82) is 0 Å². The molecule has 12 heavy (non-hydrogen) atoms. The lowest BCUT2D eigenvalue weighted by atomic mass is 10.2. The number of thiophene rings is 1. The van der Waals surface area contributed by atoms with Crippen LogP contribution in [0, 0.1) is 11.8 Å². The Morgan fingerprint density at radius 1 is 1.75 bits per heavy atom. The molecule has 64 valence electrons. The van der Waals surface area contributed by atoms with Gasteiger partial charge in [0.25, 0.3) is 0 Å². The van der Waals surface area contributed by atoms with E-state index in [2.05, 4.69) is 27.8 Å². The van der Waals surface area contributed by atoms with Crippen LogP contribution < -0.4 is 5.73 Å². The second-order valence-electron chi connectivity index (χ2n) is 2.38. The normalized spacial score (nSPS) is 11.9. The monoisotopic (exact) mass is 243 g/mol. The van der Waals surface area contributed by atoms with Crippen molar-refractivity contribution in [2.75, 3.05) is 0 Å². The Bertz CT molecular complexity index is 308. The minimum Gasteiger partial charge on any atom is -0.318 e. The van der Waals surface area contributed by atoms with Crippen molar-refractivity contribution in [2.45, 2.75) is 19.4 Å². The SMILES string of the molecule is CCC(N)C#Cc1sccc1Br. The third-order valence-electron chi connectivity index (χ3n) is 1.43. The van der Waals surface area contributed by atoms with E-state index in [1.54, 1.807) is 11.3 Å². The highest BCUT2D eigenvalue weighted by atomic mass is 79.9. The smallest absolute Gasteiger partial charge is 0.0910 e. The fourth-order valence-corrected chi connectivity index (χ4v) is 1.97. The lowest BCUT2D eigenvalue weighted by molar-refractivity contribution is 0.806. The van der Waals surface area contributed by atoms with Gasteiger partial charge in [-0.2, -0.15) is 0 Å². The average Bonchev–Trinajstić information content (AvgIpc) is 2.47. The van der Waals surface area contributed by atoms with Crippen molar-refractivity contribution >= 4 is 27.3 Å². The first kappa shape index (κ1) is 9.79. The van der Waals surface area contributed by atoms with Crippen LogP contribution in [-0.2, 0) is 0 Å². The van der Waals surface area contributed by atoms with Crippen LogP contribution >= 0.6 is 27.3 Å². The molecule has 0 saturated carbocycles. The molecule has 0 aliphatic carbocycles. The Morgan fingerprint density at radius 3 is 3.00 bits per heavy atom. The van der Waals surface area contributed by atoms with Crippen molar-refractivity contribution in [3.8, 4) is 11.8 Å². The molecule has 1 nitrogen and oxygen atoms in total. The van der Waals surface area contributed by atoms with Gasteiger partial charge in [-0.3, -0.25) is 0 Å². The number of hydrogen-bond donors (Lipinski definition) is 1. The fourth-order valence-electron chi connectivity index (χ4n) is 0.643. The van der Waals surface area contributed by atoms with Gasteiger partial charge in [-0.15, -0.1) is 11.3 Å². The maximum Gasteiger partial charge on any atom is 0.0910 e. The highest BCUT2D eigenvalue weighted by Crippen LogP contribution is 2.20. The van der Waals surface area contributed by atoms with Gasteiger partial charge in [0.1, 0.15) is 0 Å². The summed E-state index contributed by atoms with van der Waals surface area (Å²) in [5.41, 5.74) is 5.66. The van der Waals surface area contributed by atoms with Crippen molar-refractivity contribution in [2.24, 2.45) is 5.73 Å².